The van der Waals surface area contributed by atoms with E-state index < -0.39 is 0 Å². The normalized spacial score (nSPS) is 17.2. The van der Waals surface area contributed by atoms with Crippen molar-refractivity contribution in [2.24, 2.45) is 5.73 Å². The molecule has 0 radical (unpaired) electrons. The molecule has 1 atom stereocenters. The van der Waals surface area contributed by atoms with Crippen molar-refractivity contribution in [1.82, 2.24) is 5.32 Å². The Morgan fingerprint density at radius 1 is 1.18 bits per heavy atom. The number of aryl methyl sites for hydroxylation is 2. The number of benzene rings is 1. The molecule has 0 aromatic heterocycles. The summed E-state index contributed by atoms with van der Waals surface area (Å²) >= 11 is 0. The lowest BCUT2D eigenvalue weighted by Crippen LogP contribution is -2.29. The van der Waals surface area contributed by atoms with Crippen molar-refractivity contribution < 1.29 is 0 Å². The quantitative estimate of drug-likeness (QED) is 0.837. The van der Waals surface area contributed by atoms with Gasteiger partial charge in [0.2, 0.25) is 0 Å². The highest BCUT2D eigenvalue weighted by Crippen LogP contribution is 2.27. The van der Waals surface area contributed by atoms with Crippen LogP contribution in [0, 0.1) is 27.7 Å². The van der Waals surface area contributed by atoms with Crippen LogP contribution in [0.3, 0.4) is 0 Å². The molecule has 2 nitrogen and oxygen atoms in total. The number of nitrogens with one attached hydrogen (secondary N) is 1. The maximum atomic E-state index is 6.35. The fraction of sp³-hybridized carbons (Fsp3) is 0.600. The number of rotatable bonds is 4. The first-order valence-corrected chi connectivity index (χ1v) is 6.57. The smallest absolute Gasteiger partial charge is 0.0427 e. The summed E-state index contributed by atoms with van der Waals surface area (Å²) in [4.78, 5) is 0. The van der Waals surface area contributed by atoms with Crippen LogP contribution in [0.2, 0.25) is 0 Å². The van der Waals surface area contributed by atoms with Crippen molar-refractivity contribution in [3.05, 3.63) is 33.9 Å². The zero-order valence-corrected chi connectivity index (χ0v) is 11.4. The molecular weight excluding hydrogens is 208 g/mol. The fourth-order valence-electron chi connectivity index (χ4n) is 2.49. The molecule has 94 valence electrons. The molecule has 3 N–H and O–H groups in total. The van der Waals surface area contributed by atoms with Gasteiger partial charge in [0.25, 0.3) is 0 Å². The summed E-state index contributed by atoms with van der Waals surface area (Å²) in [7, 11) is 0. The summed E-state index contributed by atoms with van der Waals surface area (Å²) < 4.78 is 0. The van der Waals surface area contributed by atoms with Gasteiger partial charge < -0.3 is 11.1 Å². The van der Waals surface area contributed by atoms with Crippen LogP contribution >= 0.6 is 0 Å². The van der Waals surface area contributed by atoms with Gasteiger partial charge in [0.15, 0.2) is 0 Å². The van der Waals surface area contributed by atoms with Gasteiger partial charge in [-0.05, 0) is 68.4 Å². The lowest BCUT2D eigenvalue weighted by Gasteiger charge is -2.21. The third-order valence-corrected chi connectivity index (χ3v) is 4.00. The third kappa shape index (κ3) is 2.70. The molecule has 1 aliphatic rings. The minimum Gasteiger partial charge on any atom is -0.323 e. The van der Waals surface area contributed by atoms with Crippen LogP contribution in [-0.4, -0.2) is 12.6 Å². The molecule has 1 fully saturated rings. The van der Waals surface area contributed by atoms with Gasteiger partial charge in [-0.25, -0.2) is 0 Å². The molecule has 1 saturated carbocycles. The van der Waals surface area contributed by atoms with E-state index in [-0.39, 0.29) is 6.04 Å². The SMILES string of the molecule is Cc1cc(C)c(C)c(C(N)CNC2CC2)c1C. The van der Waals surface area contributed by atoms with E-state index in [1.165, 1.54) is 40.7 Å². The zero-order valence-electron chi connectivity index (χ0n) is 11.4. The molecule has 0 heterocycles. The Balaban J connectivity index is 2.22. The van der Waals surface area contributed by atoms with Gasteiger partial charge in [0.1, 0.15) is 0 Å². The predicted octanol–water partition coefficient (Wildman–Crippen LogP) is 2.67. The van der Waals surface area contributed by atoms with Crippen LogP contribution in [0.25, 0.3) is 0 Å². The molecule has 0 saturated heterocycles. The van der Waals surface area contributed by atoms with E-state index in [0.717, 1.165) is 12.6 Å². The second-order valence-corrected chi connectivity index (χ2v) is 5.46. The average molecular weight is 232 g/mol. The van der Waals surface area contributed by atoms with Crippen LogP contribution in [0.4, 0.5) is 0 Å². The molecule has 1 aromatic carbocycles. The van der Waals surface area contributed by atoms with E-state index >= 15 is 0 Å². The van der Waals surface area contributed by atoms with Crippen LogP contribution < -0.4 is 11.1 Å². The van der Waals surface area contributed by atoms with Crippen LogP contribution in [0.1, 0.15) is 46.7 Å². The molecule has 0 amide bonds. The van der Waals surface area contributed by atoms with Crippen molar-refractivity contribution in [2.45, 2.75) is 52.6 Å². The van der Waals surface area contributed by atoms with Gasteiger partial charge in [0, 0.05) is 18.6 Å². The first-order chi connectivity index (χ1) is 8.00. The van der Waals surface area contributed by atoms with Crippen molar-refractivity contribution in [3.8, 4) is 0 Å². The van der Waals surface area contributed by atoms with Gasteiger partial charge in [0.05, 0.1) is 0 Å². The molecule has 0 bridgehead atoms. The van der Waals surface area contributed by atoms with Crippen molar-refractivity contribution in [1.29, 1.82) is 0 Å². The molecule has 17 heavy (non-hydrogen) atoms. The van der Waals surface area contributed by atoms with Crippen LogP contribution in [-0.2, 0) is 0 Å². The highest BCUT2D eigenvalue weighted by Gasteiger charge is 2.22. The monoisotopic (exact) mass is 232 g/mol. The largest absolute Gasteiger partial charge is 0.323 e. The first-order valence-electron chi connectivity index (χ1n) is 6.57. The lowest BCUT2D eigenvalue weighted by atomic mass is 9.90. The number of nitrogens with two attached hydrogens (primary N) is 1. The Kier molecular flexibility index (Phi) is 3.55. The molecule has 2 heteroatoms. The number of hydrogen-bond acceptors (Lipinski definition) is 2. The topological polar surface area (TPSA) is 38.0 Å². The summed E-state index contributed by atoms with van der Waals surface area (Å²) in [6.07, 6.45) is 2.63. The maximum absolute atomic E-state index is 6.35. The van der Waals surface area contributed by atoms with Crippen molar-refractivity contribution in [3.63, 3.8) is 0 Å². The van der Waals surface area contributed by atoms with E-state index in [9.17, 15) is 0 Å². The van der Waals surface area contributed by atoms with E-state index in [2.05, 4.69) is 39.1 Å². The standard InChI is InChI=1S/C15H24N2/c1-9-7-10(2)12(4)15(11(9)3)14(16)8-17-13-5-6-13/h7,13-14,17H,5-6,8,16H2,1-4H3. The fourth-order valence-corrected chi connectivity index (χ4v) is 2.49. The molecule has 0 aliphatic heterocycles. The molecular formula is C15H24N2. The van der Waals surface area contributed by atoms with Gasteiger partial charge in [-0.15, -0.1) is 0 Å². The molecule has 1 aliphatic carbocycles. The molecule has 1 aromatic rings. The highest BCUT2D eigenvalue weighted by molar-refractivity contribution is 5.45. The van der Waals surface area contributed by atoms with E-state index in [1.54, 1.807) is 0 Å². The average Bonchev–Trinajstić information content (AvgIpc) is 3.08. The van der Waals surface area contributed by atoms with Crippen molar-refractivity contribution >= 4 is 0 Å². The van der Waals surface area contributed by atoms with Gasteiger partial charge in [-0.2, -0.15) is 0 Å². The maximum Gasteiger partial charge on any atom is 0.0427 e. The third-order valence-electron chi connectivity index (χ3n) is 4.00. The minimum atomic E-state index is 0.120. The van der Waals surface area contributed by atoms with Gasteiger partial charge >= 0.3 is 0 Å². The summed E-state index contributed by atoms with van der Waals surface area (Å²) in [6, 6.07) is 3.11. The number of hydrogen-bond donors (Lipinski definition) is 2. The lowest BCUT2D eigenvalue weighted by molar-refractivity contribution is 0.590. The Morgan fingerprint density at radius 3 is 2.18 bits per heavy atom. The van der Waals surface area contributed by atoms with Crippen LogP contribution in [0.15, 0.2) is 6.07 Å². The zero-order chi connectivity index (χ0) is 12.6. The van der Waals surface area contributed by atoms with Crippen molar-refractivity contribution in [2.75, 3.05) is 6.54 Å². The molecule has 1 unspecified atom stereocenters. The summed E-state index contributed by atoms with van der Waals surface area (Å²) in [5, 5.41) is 3.52. The minimum absolute atomic E-state index is 0.120. The summed E-state index contributed by atoms with van der Waals surface area (Å²) in [5.74, 6) is 0. The Labute approximate surface area is 105 Å². The Bertz CT molecular complexity index is 393. The Hall–Kier alpha value is -0.860. The summed E-state index contributed by atoms with van der Waals surface area (Å²) in [5.41, 5.74) is 13.1. The molecule has 0 spiro atoms. The second kappa shape index (κ2) is 4.79. The Morgan fingerprint density at radius 2 is 1.71 bits per heavy atom. The van der Waals surface area contributed by atoms with E-state index in [1.807, 2.05) is 0 Å². The molecule has 2 rings (SSSR count). The van der Waals surface area contributed by atoms with E-state index in [4.69, 9.17) is 5.73 Å². The van der Waals surface area contributed by atoms with Crippen LogP contribution in [0.5, 0.6) is 0 Å². The summed E-state index contributed by atoms with van der Waals surface area (Å²) in [6.45, 7) is 9.62. The highest BCUT2D eigenvalue weighted by atomic mass is 15.0. The predicted molar refractivity (Wildman–Crippen MR) is 73.3 cm³/mol. The van der Waals surface area contributed by atoms with Gasteiger partial charge in [-0.3, -0.25) is 0 Å². The van der Waals surface area contributed by atoms with E-state index in [0.29, 0.717) is 0 Å². The first kappa shape index (κ1) is 12.6. The van der Waals surface area contributed by atoms with Gasteiger partial charge in [-0.1, -0.05) is 6.07 Å². The second-order valence-electron chi connectivity index (χ2n) is 5.46.